The van der Waals surface area contributed by atoms with Crippen LogP contribution in [0.5, 0.6) is 0 Å². The standard InChI is InChI=1S/C16H28N2O3/c1-2-21-14-10-13(16(14)6-3-7-16)17-15(20)18(8-9-19)11-12-4-5-12/h12-14,19H,2-11H2,1H3,(H,17,20). The van der Waals surface area contributed by atoms with E-state index in [4.69, 9.17) is 9.84 Å². The minimum Gasteiger partial charge on any atom is -0.395 e. The van der Waals surface area contributed by atoms with Gasteiger partial charge in [0, 0.05) is 31.2 Å². The number of amides is 2. The van der Waals surface area contributed by atoms with E-state index in [2.05, 4.69) is 5.32 Å². The number of aliphatic hydroxyl groups is 1. The minimum absolute atomic E-state index is 0.00201. The molecular weight excluding hydrogens is 268 g/mol. The van der Waals surface area contributed by atoms with E-state index in [1.165, 1.54) is 32.1 Å². The van der Waals surface area contributed by atoms with Gasteiger partial charge in [-0.15, -0.1) is 0 Å². The normalized spacial score (nSPS) is 29.6. The molecule has 2 N–H and O–H groups in total. The summed E-state index contributed by atoms with van der Waals surface area (Å²) in [5, 5.41) is 12.4. The Bertz CT molecular complexity index is 380. The molecule has 1 spiro atoms. The Labute approximate surface area is 127 Å². The molecule has 0 saturated heterocycles. The third-order valence-electron chi connectivity index (χ3n) is 5.57. The van der Waals surface area contributed by atoms with Crippen LogP contribution in [-0.4, -0.2) is 54.5 Å². The number of nitrogens with zero attached hydrogens (tertiary/aromatic N) is 1. The summed E-state index contributed by atoms with van der Waals surface area (Å²) in [5.74, 6) is 0.650. The van der Waals surface area contributed by atoms with Gasteiger partial charge in [0.05, 0.1) is 12.7 Å². The molecule has 3 saturated carbocycles. The van der Waals surface area contributed by atoms with Crippen molar-refractivity contribution in [1.29, 1.82) is 0 Å². The number of urea groups is 1. The number of carbonyl (C=O) groups excluding carboxylic acids is 1. The highest BCUT2D eigenvalue weighted by Crippen LogP contribution is 2.57. The summed E-state index contributed by atoms with van der Waals surface area (Å²) in [6.07, 6.45) is 7.30. The molecule has 3 fully saturated rings. The molecule has 0 aromatic rings. The lowest BCUT2D eigenvalue weighted by Crippen LogP contribution is -2.68. The van der Waals surface area contributed by atoms with Crippen LogP contribution in [0.25, 0.3) is 0 Å². The molecule has 2 amide bonds. The van der Waals surface area contributed by atoms with Crippen molar-refractivity contribution in [2.75, 3.05) is 26.3 Å². The Morgan fingerprint density at radius 1 is 1.43 bits per heavy atom. The second-order valence-corrected chi connectivity index (χ2v) is 6.88. The van der Waals surface area contributed by atoms with E-state index in [0.717, 1.165) is 19.6 Å². The van der Waals surface area contributed by atoms with Crippen molar-refractivity contribution in [1.82, 2.24) is 10.2 Å². The lowest BCUT2D eigenvalue weighted by Gasteiger charge is -2.61. The maximum atomic E-state index is 12.5. The highest BCUT2D eigenvalue weighted by Gasteiger charge is 2.59. The molecule has 120 valence electrons. The monoisotopic (exact) mass is 296 g/mol. The van der Waals surface area contributed by atoms with Crippen LogP contribution in [-0.2, 0) is 4.74 Å². The zero-order valence-corrected chi connectivity index (χ0v) is 13.0. The van der Waals surface area contributed by atoms with E-state index < -0.39 is 0 Å². The van der Waals surface area contributed by atoms with Crippen LogP contribution >= 0.6 is 0 Å². The molecule has 0 aromatic carbocycles. The summed E-state index contributed by atoms with van der Waals surface area (Å²) in [6.45, 7) is 4.07. The Hall–Kier alpha value is -0.810. The average molecular weight is 296 g/mol. The highest BCUT2D eigenvalue weighted by atomic mass is 16.5. The van der Waals surface area contributed by atoms with E-state index in [1.54, 1.807) is 4.90 Å². The maximum absolute atomic E-state index is 12.5. The molecule has 0 heterocycles. The summed E-state index contributed by atoms with van der Waals surface area (Å²) in [7, 11) is 0. The van der Waals surface area contributed by atoms with Crippen LogP contribution in [0.3, 0.4) is 0 Å². The first-order chi connectivity index (χ1) is 10.2. The Balaban J connectivity index is 1.54. The lowest BCUT2D eigenvalue weighted by atomic mass is 9.51. The third-order valence-corrected chi connectivity index (χ3v) is 5.57. The molecule has 0 bridgehead atoms. The van der Waals surface area contributed by atoms with Crippen LogP contribution in [0.2, 0.25) is 0 Å². The van der Waals surface area contributed by atoms with Crippen molar-refractivity contribution in [3.63, 3.8) is 0 Å². The molecule has 3 rings (SSSR count). The second kappa shape index (κ2) is 6.13. The van der Waals surface area contributed by atoms with Gasteiger partial charge in [-0.3, -0.25) is 0 Å². The summed E-state index contributed by atoms with van der Waals surface area (Å²) in [6, 6.07) is 0.262. The maximum Gasteiger partial charge on any atom is 0.317 e. The van der Waals surface area contributed by atoms with E-state index in [9.17, 15) is 4.79 Å². The van der Waals surface area contributed by atoms with Gasteiger partial charge in [-0.1, -0.05) is 6.42 Å². The van der Waals surface area contributed by atoms with Gasteiger partial charge in [0.15, 0.2) is 0 Å². The number of carbonyl (C=O) groups is 1. The molecule has 21 heavy (non-hydrogen) atoms. The Morgan fingerprint density at radius 2 is 2.19 bits per heavy atom. The Morgan fingerprint density at radius 3 is 2.71 bits per heavy atom. The first kappa shape index (κ1) is 15.1. The zero-order valence-electron chi connectivity index (χ0n) is 13.0. The number of hydrogen-bond donors (Lipinski definition) is 2. The SMILES string of the molecule is CCOC1CC(NC(=O)N(CCO)CC2CC2)C12CCC2. The van der Waals surface area contributed by atoms with Crippen molar-refractivity contribution in [2.24, 2.45) is 11.3 Å². The van der Waals surface area contributed by atoms with E-state index in [1.807, 2.05) is 6.92 Å². The molecule has 5 heteroatoms. The summed E-state index contributed by atoms with van der Waals surface area (Å²) in [5.41, 5.74) is 0.204. The number of aliphatic hydroxyl groups excluding tert-OH is 1. The van der Waals surface area contributed by atoms with Gasteiger partial charge < -0.3 is 20.1 Å². The topological polar surface area (TPSA) is 61.8 Å². The van der Waals surface area contributed by atoms with Gasteiger partial charge in [0.2, 0.25) is 0 Å². The largest absolute Gasteiger partial charge is 0.395 e. The molecule has 0 radical (unpaired) electrons. The van der Waals surface area contributed by atoms with Crippen LogP contribution in [0.15, 0.2) is 0 Å². The van der Waals surface area contributed by atoms with Crippen LogP contribution in [0, 0.1) is 11.3 Å². The fourth-order valence-corrected chi connectivity index (χ4v) is 3.89. The molecule has 0 aromatic heterocycles. The fraction of sp³-hybridized carbons (Fsp3) is 0.938. The van der Waals surface area contributed by atoms with Gasteiger partial charge >= 0.3 is 6.03 Å². The summed E-state index contributed by atoms with van der Waals surface area (Å²) >= 11 is 0. The molecule has 0 aliphatic heterocycles. The van der Waals surface area contributed by atoms with Crippen molar-refractivity contribution < 1.29 is 14.6 Å². The first-order valence-electron chi connectivity index (χ1n) is 8.47. The van der Waals surface area contributed by atoms with Crippen LogP contribution < -0.4 is 5.32 Å². The summed E-state index contributed by atoms with van der Waals surface area (Å²) < 4.78 is 5.83. The number of nitrogens with one attached hydrogen (secondary N) is 1. The average Bonchev–Trinajstić information content (AvgIpc) is 3.18. The van der Waals surface area contributed by atoms with Gasteiger partial charge in [-0.05, 0) is 44.9 Å². The smallest absolute Gasteiger partial charge is 0.317 e. The second-order valence-electron chi connectivity index (χ2n) is 6.88. The van der Waals surface area contributed by atoms with Crippen molar-refractivity contribution in [3.05, 3.63) is 0 Å². The Kier molecular flexibility index (Phi) is 4.41. The molecule has 2 atom stereocenters. The zero-order chi connectivity index (χ0) is 14.9. The van der Waals surface area contributed by atoms with Crippen molar-refractivity contribution in [2.45, 2.75) is 57.6 Å². The van der Waals surface area contributed by atoms with E-state index in [0.29, 0.717) is 18.6 Å². The van der Waals surface area contributed by atoms with E-state index >= 15 is 0 Å². The lowest BCUT2D eigenvalue weighted by molar-refractivity contribution is -0.169. The minimum atomic E-state index is 0.00201. The summed E-state index contributed by atoms with van der Waals surface area (Å²) in [4.78, 5) is 14.2. The van der Waals surface area contributed by atoms with Gasteiger partial charge in [0.1, 0.15) is 0 Å². The molecule has 2 unspecified atom stereocenters. The van der Waals surface area contributed by atoms with Crippen molar-refractivity contribution in [3.8, 4) is 0 Å². The predicted octanol–water partition coefficient (Wildman–Crippen LogP) is 1.75. The van der Waals surface area contributed by atoms with Gasteiger partial charge in [-0.25, -0.2) is 4.79 Å². The number of hydrogen-bond acceptors (Lipinski definition) is 3. The van der Waals surface area contributed by atoms with Gasteiger partial charge in [0.25, 0.3) is 0 Å². The van der Waals surface area contributed by atoms with E-state index in [-0.39, 0.29) is 24.1 Å². The molecule has 3 aliphatic rings. The third kappa shape index (κ3) is 2.90. The quantitative estimate of drug-likeness (QED) is 0.752. The van der Waals surface area contributed by atoms with Crippen molar-refractivity contribution >= 4 is 6.03 Å². The predicted molar refractivity (Wildman–Crippen MR) is 80.0 cm³/mol. The highest BCUT2D eigenvalue weighted by molar-refractivity contribution is 5.75. The number of rotatable bonds is 7. The molecule has 5 nitrogen and oxygen atoms in total. The number of ether oxygens (including phenoxy) is 1. The molecule has 3 aliphatic carbocycles. The molecular formula is C16H28N2O3. The first-order valence-corrected chi connectivity index (χ1v) is 8.47. The van der Waals surface area contributed by atoms with Gasteiger partial charge in [-0.2, -0.15) is 0 Å². The fourth-order valence-electron chi connectivity index (χ4n) is 3.89. The van der Waals surface area contributed by atoms with Crippen LogP contribution in [0.4, 0.5) is 4.79 Å². The van der Waals surface area contributed by atoms with Crippen LogP contribution in [0.1, 0.15) is 45.4 Å².